The summed E-state index contributed by atoms with van der Waals surface area (Å²) in [5.41, 5.74) is 1.94. The van der Waals surface area contributed by atoms with Crippen LogP contribution >= 0.6 is 0 Å². The average Bonchev–Trinajstić information content (AvgIpc) is 3.71. The zero-order valence-corrected chi connectivity index (χ0v) is 24.2. The van der Waals surface area contributed by atoms with E-state index in [1.54, 1.807) is 10.8 Å². The van der Waals surface area contributed by atoms with Gasteiger partial charge in [0.1, 0.15) is 6.10 Å². The number of carbonyl (C=O) groups is 1. The third kappa shape index (κ3) is 10.1. The summed E-state index contributed by atoms with van der Waals surface area (Å²) in [5.74, 6) is 1.40. The van der Waals surface area contributed by atoms with Crippen molar-refractivity contribution in [2.45, 2.75) is 109 Å². The van der Waals surface area contributed by atoms with Crippen LogP contribution in [0.4, 0.5) is 0 Å². The van der Waals surface area contributed by atoms with Crippen LogP contribution in [-0.4, -0.2) is 46.6 Å². The summed E-state index contributed by atoms with van der Waals surface area (Å²) in [4.78, 5) is 12.0. The van der Waals surface area contributed by atoms with E-state index in [1.807, 2.05) is 0 Å². The van der Waals surface area contributed by atoms with E-state index < -0.39 is 8.07 Å². The molecule has 0 N–H and O–H groups in total. The van der Waals surface area contributed by atoms with Gasteiger partial charge in [0.2, 0.25) is 0 Å². The number of rotatable bonds is 17. The highest BCUT2D eigenvalue weighted by Gasteiger charge is 2.25. The molecule has 2 aliphatic rings. The first-order valence-corrected chi connectivity index (χ1v) is 17.7. The maximum Gasteiger partial charge on any atom is 0.335 e. The quantitative estimate of drug-likeness (QED) is 0.0729. The molecule has 2 fully saturated rings. The van der Waals surface area contributed by atoms with Gasteiger partial charge in [-0.3, -0.25) is 0 Å². The number of benzene rings is 1. The molecule has 0 spiro atoms. The van der Waals surface area contributed by atoms with Crippen LogP contribution in [-0.2, 0) is 19.0 Å². The average molecular weight is 515 g/mol. The fourth-order valence-electron chi connectivity index (χ4n) is 5.47. The molecular weight excluding hydrogens is 464 g/mol. The highest BCUT2D eigenvalue weighted by molar-refractivity contribution is 6.89. The smallest absolute Gasteiger partial charge is 0.335 e. The zero-order chi connectivity index (χ0) is 25.8. The van der Waals surface area contributed by atoms with Crippen LogP contribution in [0.15, 0.2) is 36.4 Å². The molecule has 1 aromatic rings. The van der Waals surface area contributed by atoms with Gasteiger partial charge in [-0.2, -0.15) is 0 Å². The van der Waals surface area contributed by atoms with Gasteiger partial charge in [-0.15, -0.1) is 0 Å². The number of ether oxygens (including phenoxy) is 3. The Bertz CT molecular complexity index is 791. The van der Waals surface area contributed by atoms with E-state index in [4.69, 9.17) is 14.2 Å². The number of unbranched alkanes of at least 4 members (excludes halogenated alkanes) is 4. The monoisotopic (exact) mass is 514 g/mol. The fraction of sp³-hybridized carbons (Fsp3) is 0.710. The minimum absolute atomic E-state index is 0.199. The molecule has 1 aromatic carbocycles. The van der Waals surface area contributed by atoms with Crippen molar-refractivity contribution in [3.05, 3.63) is 42.0 Å². The summed E-state index contributed by atoms with van der Waals surface area (Å²) < 4.78 is 15.8. The molecule has 1 saturated carbocycles. The maximum atomic E-state index is 12.0. The zero-order valence-electron chi connectivity index (χ0n) is 23.2. The Morgan fingerprint density at radius 2 is 1.75 bits per heavy atom. The molecule has 1 unspecified atom stereocenters. The first-order valence-electron chi connectivity index (χ1n) is 14.5. The minimum Gasteiger partial charge on any atom is -0.462 e. The van der Waals surface area contributed by atoms with Gasteiger partial charge in [0, 0.05) is 0 Å². The summed E-state index contributed by atoms with van der Waals surface area (Å²) in [5, 5.41) is 1.57. The predicted octanol–water partition coefficient (Wildman–Crippen LogP) is 7.14. The highest BCUT2D eigenvalue weighted by atomic mass is 28.3. The van der Waals surface area contributed by atoms with Crippen molar-refractivity contribution in [3.8, 4) is 0 Å². The lowest BCUT2D eigenvalue weighted by atomic mass is 9.77. The number of carbonyl (C=O) groups excluding carboxylic acids is 1. The highest BCUT2D eigenvalue weighted by Crippen LogP contribution is 2.37. The maximum absolute atomic E-state index is 12.0. The normalized spacial score (nSPS) is 21.8. The van der Waals surface area contributed by atoms with Crippen molar-refractivity contribution in [1.29, 1.82) is 0 Å². The molecule has 1 aliphatic heterocycles. The number of epoxide rings is 1. The predicted molar refractivity (Wildman–Crippen MR) is 152 cm³/mol. The van der Waals surface area contributed by atoms with E-state index in [1.165, 1.54) is 63.8 Å². The van der Waals surface area contributed by atoms with Crippen molar-refractivity contribution in [3.63, 3.8) is 0 Å². The van der Waals surface area contributed by atoms with E-state index >= 15 is 0 Å². The summed E-state index contributed by atoms with van der Waals surface area (Å²) in [6.07, 6.45) is 14.6. The largest absolute Gasteiger partial charge is 0.462 e. The Labute approximate surface area is 221 Å². The summed E-state index contributed by atoms with van der Waals surface area (Å²) >= 11 is 0. The molecular formula is C31H50O4Si. The molecule has 3 rings (SSSR count). The van der Waals surface area contributed by atoms with Crippen molar-refractivity contribution in [2.75, 3.05) is 26.4 Å². The lowest BCUT2D eigenvalue weighted by Gasteiger charge is -2.29. The van der Waals surface area contributed by atoms with Gasteiger partial charge in [0.25, 0.3) is 0 Å². The molecule has 36 heavy (non-hydrogen) atoms. The van der Waals surface area contributed by atoms with Gasteiger partial charge in [-0.25, -0.2) is 4.79 Å². The van der Waals surface area contributed by atoms with Gasteiger partial charge < -0.3 is 14.2 Å². The molecule has 1 atom stereocenters. The topological polar surface area (TPSA) is 48.1 Å². The fourth-order valence-corrected chi connectivity index (χ4v) is 7.96. The van der Waals surface area contributed by atoms with E-state index in [9.17, 15) is 4.79 Å². The Kier molecular flexibility index (Phi) is 12.2. The summed E-state index contributed by atoms with van der Waals surface area (Å²) in [7, 11) is -1.45. The first kappa shape index (κ1) is 29.1. The Morgan fingerprint density at radius 3 is 2.42 bits per heavy atom. The third-order valence-electron chi connectivity index (χ3n) is 8.18. The molecule has 0 aromatic heterocycles. The van der Waals surface area contributed by atoms with Gasteiger partial charge in [-0.1, -0.05) is 101 Å². The summed E-state index contributed by atoms with van der Waals surface area (Å²) in [6.45, 7) is 13.0. The second kappa shape index (κ2) is 15.1. The van der Waals surface area contributed by atoms with Crippen molar-refractivity contribution >= 4 is 19.2 Å². The number of hydrogen-bond donors (Lipinski definition) is 0. The van der Waals surface area contributed by atoms with Crippen LogP contribution < -0.4 is 5.19 Å². The SMILES string of the molecule is C=C(COCC1CO1)C(=O)OCCCCC[Si](C)(C)c1ccc(C2CCC(CCCCC)CC2)cc1. The standard InChI is InChI=1S/C31H50O4Si/c1-5-6-8-11-26-12-14-27(15-13-26)28-16-18-30(19-17-28)36(3,4)21-10-7-9-20-34-31(32)25(2)22-33-23-29-24-35-29/h16-19,26-27,29H,2,5-15,20-24H2,1,3-4H3. The molecule has 1 heterocycles. The molecule has 0 bridgehead atoms. The van der Waals surface area contributed by atoms with Gasteiger partial charge in [0.05, 0.1) is 40.1 Å². The van der Waals surface area contributed by atoms with Crippen LogP contribution in [0.25, 0.3) is 0 Å². The van der Waals surface area contributed by atoms with Crippen LogP contribution in [0.2, 0.25) is 19.1 Å². The second-order valence-corrected chi connectivity index (χ2v) is 16.6. The van der Waals surface area contributed by atoms with Gasteiger partial charge in [-0.05, 0) is 49.5 Å². The molecule has 4 nitrogen and oxygen atoms in total. The van der Waals surface area contributed by atoms with Crippen molar-refractivity contribution in [2.24, 2.45) is 5.92 Å². The van der Waals surface area contributed by atoms with Gasteiger partial charge >= 0.3 is 5.97 Å². The lowest BCUT2D eigenvalue weighted by Crippen LogP contribution is -2.41. The molecule has 1 saturated heterocycles. The van der Waals surface area contributed by atoms with E-state index in [0.717, 1.165) is 31.3 Å². The minimum atomic E-state index is -1.45. The summed E-state index contributed by atoms with van der Waals surface area (Å²) in [6, 6.07) is 11.0. The van der Waals surface area contributed by atoms with Gasteiger partial charge in [0.15, 0.2) is 0 Å². The number of hydrogen-bond acceptors (Lipinski definition) is 4. The molecule has 1 aliphatic carbocycles. The van der Waals surface area contributed by atoms with Crippen molar-refractivity contribution in [1.82, 2.24) is 0 Å². The molecule has 0 amide bonds. The third-order valence-corrected chi connectivity index (χ3v) is 11.7. The number of esters is 1. The van der Waals surface area contributed by atoms with E-state index in [-0.39, 0.29) is 18.7 Å². The Hall–Kier alpha value is -1.43. The van der Waals surface area contributed by atoms with Crippen LogP contribution in [0.5, 0.6) is 0 Å². The van der Waals surface area contributed by atoms with E-state index in [0.29, 0.717) is 18.8 Å². The Balaban J connectivity index is 1.29. The molecule has 0 radical (unpaired) electrons. The lowest BCUT2D eigenvalue weighted by molar-refractivity contribution is -0.139. The van der Waals surface area contributed by atoms with Crippen molar-refractivity contribution < 1.29 is 19.0 Å². The van der Waals surface area contributed by atoms with Crippen LogP contribution in [0, 0.1) is 5.92 Å². The Morgan fingerprint density at radius 1 is 1.03 bits per heavy atom. The van der Waals surface area contributed by atoms with E-state index in [2.05, 4.69) is 50.9 Å². The molecule has 5 heteroatoms. The van der Waals surface area contributed by atoms with Crippen LogP contribution in [0.3, 0.4) is 0 Å². The molecule has 202 valence electrons. The first-order chi connectivity index (χ1) is 17.4. The second-order valence-electron chi connectivity index (χ2n) is 11.7. The van der Waals surface area contributed by atoms with Crippen LogP contribution in [0.1, 0.15) is 89.0 Å².